The van der Waals surface area contributed by atoms with Crippen molar-refractivity contribution < 1.29 is 4.74 Å². The smallest absolute Gasteiger partial charge is 0.144 e. The molecular weight excluding hydrogens is 76.1 g/mol. The molecule has 32 valence electrons. The minimum Gasteiger partial charge on any atom is -0.356 e. The maximum Gasteiger partial charge on any atom is 0.144 e. The van der Waals surface area contributed by atoms with Crippen molar-refractivity contribution in [1.82, 2.24) is 0 Å². The zero-order chi connectivity index (χ0) is 4.57. The highest BCUT2D eigenvalue weighted by Crippen LogP contribution is 2.18. The van der Waals surface area contributed by atoms with Gasteiger partial charge in [0.05, 0.1) is 6.10 Å². The zero-order valence-corrected chi connectivity index (χ0v) is 3.64. The molecule has 0 amide bonds. The first kappa shape index (κ1) is 3.70. The number of ether oxygens (including phenoxy) is 1. The van der Waals surface area contributed by atoms with Crippen molar-refractivity contribution in [2.24, 2.45) is 0 Å². The average molecular weight is 82.1 g/mol. The van der Waals surface area contributed by atoms with E-state index in [0.29, 0.717) is 6.10 Å². The first-order valence-electron chi connectivity index (χ1n) is 1.96. The third-order valence-corrected chi connectivity index (χ3v) is 0.875. The second kappa shape index (κ2) is 0.990. The van der Waals surface area contributed by atoms with Crippen molar-refractivity contribution in [3.63, 3.8) is 0 Å². The van der Waals surface area contributed by atoms with Crippen LogP contribution in [0.1, 0.15) is 6.92 Å². The van der Waals surface area contributed by atoms with E-state index in [4.69, 9.17) is 11.2 Å². The minimum atomic E-state index is 0.130. The van der Waals surface area contributed by atoms with Crippen LogP contribution in [-0.4, -0.2) is 12.2 Å². The Morgan fingerprint density at radius 2 is 2.33 bits per heavy atom. The highest BCUT2D eigenvalue weighted by Gasteiger charge is 2.31. The van der Waals surface area contributed by atoms with Crippen molar-refractivity contribution in [2.75, 3.05) is 0 Å². The van der Waals surface area contributed by atoms with Gasteiger partial charge in [-0.1, -0.05) is 5.92 Å². The van der Waals surface area contributed by atoms with Crippen LogP contribution in [0.5, 0.6) is 0 Å². The van der Waals surface area contributed by atoms with E-state index in [2.05, 4.69) is 5.92 Å². The molecule has 0 N–H and O–H groups in total. The second-order valence-corrected chi connectivity index (χ2v) is 1.43. The summed E-state index contributed by atoms with van der Waals surface area (Å²) in [6.07, 6.45) is 5.41. The molecule has 6 heavy (non-hydrogen) atoms. The van der Waals surface area contributed by atoms with Crippen LogP contribution in [-0.2, 0) is 4.74 Å². The first-order chi connectivity index (χ1) is 2.84. The molecule has 1 heterocycles. The fourth-order valence-corrected chi connectivity index (χ4v) is 0.361. The molecular formula is C5H6O. The van der Waals surface area contributed by atoms with Crippen LogP contribution in [0, 0.1) is 12.3 Å². The van der Waals surface area contributed by atoms with Gasteiger partial charge in [0.2, 0.25) is 0 Å². The molecule has 0 spiro atoms. The topological polar surface area (TPSA) is 12.5 Å². The molecule has 1 aliphatic rings. The van der Waals surface area contributed by atoms with Gasteiger partial charge in [-0.2, -0.15) is 0 Å². The third-order valence-electron chi connectivity index (χ3n) is 0.875. The molecule has 1 aliphatic heterocycles. The highest BCUT2D eigenvalue weighted by atomic mass is 16.6. The molecule has 0 aliphatic carbocycles. The lowest BCUT2D eigenvalue weighted by atomic mass is 10.4. The summed E-state index contributed by atoms with van der Waals surface area (Å²) in [5.41, 5.74) is 0. The van der Waals surface area contributed by atoms with E-state index in [1.807, 2.05) is 6.92 Å². The van der Waals surface area contributed by atoms with Crippen LogP contribution in [0.25, 0.3) is 0 Å². The van der Waals surface area contributed by atoms with Crippen LogP contribution in [0.15, 0.2) is 0 Å². The van der Waals surface area contributed by atoms with Gasteiger partial charge in [-0.25, -0.2) is 0 Å². The predicted molar refractivity (Wildman–Crippen MR) is 23.2 cm³/mol. The van der Waals surface area contributed by atoms with Gasteiger partial charge in [0.25, 0.3) is 0 Å². The minimum absolute atomic E-state index is 0.130. The summed E-state index contributed by atoms with van der Waals surface area (Å²) in [7, 11) is 0. The number of terminal acetylenes is 1. The molecule has 0 saturated carbocycles. The summed E-state index contributed by atoms with van der Waals surface area (Å²) in [6.45, 7) is 1.96. The number of hydrogen-bond donors (Lipinski definition) is 0. The summed E-state index contributed by atoms with van der Waals surface area (Å²) in [6, 6.07) is 0. The Morgan fingerprint density at radius 1 is 1.83 bits per heavy atom. The molecule has 0 unspecified atom stereocenters. The summed E-state index contributed by atoms with van der Waals surface area (Å²) in [5, 5.41) is 0. The maximum absolute atomic E-state index is 4.95. The van der Waals surface area contributed by atoms with Gasteiger partial charge in [-0.3, -0.25) is 0 Å². The largest absolute Gasteiger partial charge is 0.356 e. The fraction of sp³-hybridized carbons (Fsp3) is 0.600. The Hall–Kier alpha value is -0.480. The maximum atomic E-state index is 4.95. The SMILES string of the molecule is C#C[C@H]1O[C@@H]1C. The lowest BCUT2D eigenvalue weighted by Crippen LogP contribution is -1.78. The lowest BCUT2D eigenvalue weighted by molar-refractivity contribution is 0.404. The van der Waals surface area contributed by atoms with Gasteiger partial charge in [0.15, 0.2) is 0 Å². The average Bonchev–Trinajstić information content (AvgIpc) is 2.19. The lowest BCUT2D eigenvalue weighted by Gasteiger charge is -1.59. The van der Waals surface area contributed by atoms with E-state index in [0.717, 1.165) is 0 Å². The van der Waals surface area contributed by atoms with Gasteiger partial charge in [-0.15, -0.1) is 6.42 Å². The van der Waals surface area contributed by atoms with Crippen molar-refractivity contribution in [2.45, 2.75) is 19.1 Å². The van der Waals surface area contributed by atoms with Gasteiger partial charge in [0, 0.05) is 0 Å². The Kier molecular flexibility index (Phi) is 0.611. The predicted octanol–water partition coefficient (Wildman–Crippen LogP) is 0.407. The van der Waals surface area contributed by atoms with Gasteiger partial charge in [0.1, 0.15) is 6.10 Å². The van der Waals surface area contributed by atoms with E-state index in [9.17, 15) is 0 Å². The normalized spacial score (nSPS) is 41.3. The molecule has 1 fully saturated rings. The molecule has 0 bridgehead atoms. The molecule has 1 heteroatoms. The zero-order valence-electron chi connectivity index (χ0n) is 3.64. The van der Waals surface area contributed by atoms with E-state index in [1.165, 1.54) is 0 Å². The molecule has 1 saturated heterocycles. The molecule has 2 atom stereocenters. The van der Waals surface area contributed by atoms with E-state index < -0.39 is 0 Å². The Balaban J connectivity index is 2.31. The van der Waals surface area contributed by atoms with E-state index in [1.54, 1.807) is 0 Å². The van der Waals surface area contributed by atoms with Crippen LogP contribution in [0.3, 0.4) is 0 Å². The van der Waals surface area contributed by atoms with Crippen LogP contribution >= 0.6 is 0 Å². The van der Waals surface area contributed by atoms with Gasteiger partial charge < -0.3 is 4.74 Å². The summed E-state index contributed by atoms with van der Waals surface area (Å²) >= 11 is 0. The fourth-order valence-electron chi connectivity index (χ4n) is 0.361. The molecule has 0 radical (unpaired) electrons. The summed E-state index contributed by atoms with van der Waals surface area (Å²) in [4.78, 5) is 0. The quantitative estimate of drug-likeness (QED) is 0.304. The Labute approximate surface area is 37.3 Å². The standard InChI is InChI=1S/C5H6O/c1-3-5-4(2)6-5/h1,4-5H,2H3/t4-,5-/m1/s1. The van der Waals surface area contributed by atoms with E-state index >= 15 is 0 Å². The summed E-state index contributed by atoms with van der Waals surface area (Å²) < 4.78 is 4.83. The molecule has 0 aromatic carbocycles. The number of hydrogen-bond acceptors (Lipinski definition) is 1. The van der Waals surface area contributed by atoms with Crippen molar-refractivity contribution in [1.29, 1.82) is 0 Å². The second-order valence-electron chi connectivity index (χ2n) is 1.43. The van der Waals surface area contributed by atoms with Crippen molar-refractivity contribution in [3.8, 4) is 12.3 Å². The van der Waals surface area contributed by atoms with Crippen molar-refractivity contribution in [3.05, 3.63) is 0 Å². The summed E-state index contributed by atoms with van der Waals surface area (Å²) in [5.74, 6) is 2.47. The molecule has 1 nitrogen and oxygen atoms in total. The molecule has 0 aromatic heterocycles. The van der Waals surface area contributed by atoms with Crippen LogP contribution < -0.4 is 0 Å². The van der Waals surface area contributed by atoms with Crippen molar-refractivity contribution >= 4 is 0 Å². The van der Waals surface area contributed by atoms with Crippen LogP contribution in [0.4, 0.5) is 0 Å². The van der Waals surface area contributed by atoms with Crippen LogP contribution in [0.2, 0.25) is 0 Å². The Bertz CT molecular complexity index is 90.6. The van der Waals surface area contributed by atoms with E-state index in [-0.39, 0.29) is 6.10 Å². The van der Waals surface area contributed by atoms with Gasteiger partial charge in [-0.05, 0) is 6.92 Å². The first-order valence-corrected chi connectivity index (χ1v) is 1.96. The number of rotatable bonds is 0. The third kappa shape index (κ3) is 0.395. The molecule has 0 aromatic rings. The Morgan fingerprint density at radius 3 is 2.33 bits per heavy atom. The molecule has 1 rings (SSSR count). The number of epoxide rings is 1. The van der Waals surface area contributed by atoms with Gasteiger partial charge >= 0.3 is 0 Å². The highest BCUT2D eigenvalue weighted by molar-refractivity contribution is 5.06. The monoisotopic (exact) mass is 82.0 g/mol.